The van der Waals surface area contributed by atoms with Crippen LogP contribution in [0.5, 0.6) is 0 Å². The summed E-state index contributed by atoms with van der Waals surface area (Å²) in [6.07, 6.45) is 0. The summed E-state index contributed by atoms with van der Waals surface area (Å²) in [6.45, 7) is 0. The van der Waals surface area contributed by atoms with E-state index in [0.717, 1.165) is 18.2 Å². The molecule has 2 aromatic carbocycles. The highest BCUT2D eigenvalue weighted by Crippen LogP contribution is 2.27. The van der Waals surface area contributed by atoms with Crippen LogP contribution in [-0.4, -0.2) is 47.3 Å². The van der Waals surface area contributed by atoms with Crippen molar-refractivity contribution in [3.8, 4) is 0 Å². The predicted molar refractivity (Wildman–Crippen MR) is 104 cm³/mol. The Hall–Kier alpha value is -3.25. The maximum atomic E-state index is 13.9. The molecule has 0 aliphatic heterocycles. The number of carboxylic acids is 2. The third-order valence-corrected chi connectivity index (χ3v) is 5.84. The van der Waals surface area contributed by atoms with Gasteiger partial charge in [-0.25, -0.2) is 22.4 Å². The van der Waals surface area contributed by atoms with Crippen molar-refractivity contribution in [1.29, 1.82) is 0 Å². The molecule has 0 amide bonds. The van der Waals surface area contributed by atoms with Crippen LogP contribution >= 0.6 is 11.6 Å². The van der Waals surface area contributed by atoms with Gasteiger partial charge < -0.3 is 15.5 Å². The lowest BCUT2D eigenvalue weighted by Gasteiger charge is -2.16. The standard InChI is InChI=1S/C17H14ClFN2O8S/c18-11-2-1-3-12(19)10(11)7-30(28,29)8-14(17(24)25)20-13-5-4-9(16(22)23)6-15(13)21(26)27/h1-6,14,20H,7-8H2,(H,22,23)(H,24,25)/t14-/m0/s1. The molecule has 0 aromatic heterocycles. The Morgan fingerprint density at radius 3 is 2.43 bits per heavy atom. The minimum atomic E-state index is -4.23. The van der Waals surface area contributed by atoms with Gasteiger partial charge in [-0.15, -0.1) is 0 Å². The molecule has 2 rings (SSSR count). The largest absolute Gasteiger partial charge is 0.480 e. The number of nitrogens with zero attached hydrogens (tertiary/aromatic N) is 1. The highest BCUT2D eigenvalue weighted by Gasteiger charge is 2.29. The van der Waals surface area contributed by atoms with Crippen LogP contribution in [0, 0.1) is 15.9 Å². The van der Waals surface area contributed by atoms with Gasteiger partial charge in [0, 0.05) is 16.7 Å². The Kier molecular flexibility index (Phi) is 6.95. The van der Waals surface area contributed by atoms with E-state index in [2.05, 4.69) is 5.32 Å². The van der Waals surface area contributed by atoms with Gasteiger partial charge in [0.15, 0.2) is 9.84 Å². The molecular formula is C17H14ClFN2O8S. The van der Waals surface area contributed by atoms with E-state index in [1.807, 2.05) is 0 Å². The lowest BCUT2D eigenvalue weighted by atomic mass is 10.1. The number of anilines is 1. The van der Waals surface area contributed by atoms with Gasteiger partial charge in [0.25, 0.3) is 5.69 Å². The third kappa shape index (κ3) is 5.64. The first-order valence-corrected chi connectivity index (χ1v) is 10.3. The Morgan fingerprint density at radius 2 is 1.90 bits per heavy atom. The summed E-state index contributed by atoms with van der Waals surface area (Å²) in [4.78, 5) is 32.8. The van der Waals surface area contributed by atoms with Crippen molar-refractivity contribution >= 4 is 44.8 Å². The smallest absolute Gasteiger partial charge is 0.335 e. The summed E-state index contributed by atoms with van der Waals surface area (Å²) in [5.74, 6) is -5.89. The number of benzene rings is 2. The minimum Gasteiger partial charge on any atom is -0.480 e. The number of aromatic carboxylic acids is 1. The van der Waals surface area contributed by atoms with Crippen LogP contribution in [0.15, 0.2) is 36.4 Å². The fraction of sp³-hybridized carbons (Fsp3) is 0.176. The van der Waals surface area contributed by atoms with Gasteiger partial charge in [0.1, 0.15) is 17.5 Å². The molecule has 0 heterocycles. The van der Waals surface area contributed by atoms with Crippen molar-refractivity contribution in [2.24, 2.45) is 0 Å². The molecule has 0 aliphatic carbocycles. The summed E-state index contributed by atoms with van der Waals surface area (Å²) in [7, 11) is -4.23. The second-order valence-corrected chi connectivity index (χ2v) is 8.60. The number of rotatable bonds is 9. The zero-order chi connectivity index (χ0) is 22.6. The van der Waals surface area contributed by atoms with Crippen molar-refractivity contribution in [3.05, 3.63) is 68.5 Å². The van der Waals surface area contributed by atoms with Crippen molar-refractivity contribution in [2.75, 3.05) is 11.1 Å². The molecule has 0 saturated carbocycles. The SMILES string of the molecule is O=C(O)c1ccc(N[C@@H](CS(=O)(=O)Cc2c(F)cccc2Cl)C(=O)O)c([N+](=O)[O-])c1. The van der Waals surface area contributed by atoms with Gasteiger partial charge in [-0.05, 0) is 24.3 Å². The maximum Gasteiger partial charge on any atom is 0.335 e. The average Bonchev–Trinajstić information content (AvgIpc) is 2.64. The Labute approximate surface area is 174 Å². The monoisotopic (exact) mass is 460 g/mol. The normalized spacial score (nSPS) is 12.2. The summed E-state index contributed by atoms with van der Waals surface area (Å²) >= 11 is 5.80. The van der Waals surface area contributed by atoms with E-state index in [4.69, 9.17) is 16.7 Å². The van der Waals surface area contributed by atoms with E-state index in [1.54, 1.807) is 0 Å². The van der Waals surface area contributed by atoms with E-state index in [-0.39, 0.29) is 10.6 Å². The number of hydrogen-bond donors (Lipinski definition) is 3. The molecule has 0 saturated heterocycles. The highest BCUT2D eigenvalue weighted by atomic mass is 35.5. The average molecular weight is 461 g/mol. The molecule has 10 nitrogen and oxygen atoms in total. The first-order chi connectivity index (χ1) is 13.9. The zero-order valence-electron chi connectivity index (χ0n) is 14.9. The van der Waals surface area contributed by atoms with Crippen LogP contribution in [-0.2, 0) is 20.4 Å². The van der Waals surface area contributed by atoms with Crippen LogP contribution in [0.1, 0.15) is 15.9 Å². The second kappa shape index (κ2) is 9.05. The fourth-order valence-electron chi connectivity index (χ4n) is 2.50. The van der Waals surface area contributed by atoms with E-state index in [0.29, 0.717) is 6.07 Å². The Bertz CT molecular complexity index is 1100. The van der Waals surface area contributed by atoms with Crippen molar-refractivity contribution in [3.63, 3.8) is 0 Å². The van der Waals surface area contributed by atoms with Crippen LogP contribution in [0.25, 0.3) is 0 Å². The second-order valence-electron chi connectivity index (χ2n) is 6.08. The molecule has 30 heavy (non-hydrogen) atoms. The molecule has 160 valence electrons. The summed E-state index contributed by atoms with van der Waals surface area (Å²) < 4.78 is 38.7. The van der Waals surface area contributed by atoms with Crippen LogP contribution < -0.4 is 5.32 Å². The topological polar surface area (TPSA) is 164 Å². The molecule has 0 bridgehead atoms. The fourth-order valence-corrected chi connectivity index (χ4v) is 4.40. The number of halogens is 2. The van der Waals surface area contributed by atoms with Gasteiger partial charge >= 0.3 is 11.9 Å². The quantitative estimate of drug-likeness (QED) is 0.376. The minimum absolute atomic E-state index is 0.154. The summed E-state index contributed by atoms with van der Waals surface area (Å²) in [6, 6.07) is 4.36. The number of aliphatic carboxylic acids is 1. The first-order valence-electron chi connectivity index (χ1n) is 8.05. The third-order valence-electron chi connectivity index (χ3n) is 3.92. The molecule has 13 heteroatoms. The molecule has 1 atom stereocenters. The van der Waals surface area contributed by atoms with Crippen molar-refractivity contribution in [1.82, 2.24) is 0 Å². The number of hydrogen-bond acceptors (Lipinski definition) is 7. The lowest BCUT2D eigenvalue weighted by molar-refractivity contribution is -0.384. The molecule has 0 fully saturated rings. The maximum absolute atomic E-state index is 13.9. The summed E-state index contributed by atoms with van der Waals surface area (Å²) in [5.41, 5.74) is -1.90. The predicted octanol–water partition coefficient (Wildman–Crippen LogP) is 2.57. The first kappa shape index (κ1) is 23.0. The van der Waals surface area contributed by atoms with E-state index in [9.17, 15) is 37.6 Å². The number of carboxylic acid groups (broad SMARTS) is 2. The molecule has 3 N–H and O–H groups in total. The molecular weight excluding hydrogens is 447 g/mol. The van der Waals surface area contributed by atoms with Gasteiger partial charge in [0.05, 0.1) is 22.0 Å². The van der Waals surface area contributed by atoms with Gasteiger partial charge in [-0.1, -0.05) is 17.7 Å². The highest BCUT2D eigenvalue weighted by molar-refractivity contribution is 7.90. The van der Waals surface area contributed by atoms with E-state index < -0.39 is 67.0 Å². The van der Waals surface area contributed by atoms with Crippen molar-refractivity contribution < 1.29 is 37.5 Å². The molecule has 0 aliphatic rings. The van der Waals surface area contributed by atoms with Crippen LogP contribution in [0.3, 0.4) is 0 Å². The van der Waals surface area contributed by atoms with E-state index in [1.165, 1.54) is 12.1 Å². The Morgan fingerprint density at radius 1 is 1.23 bits per heavy atom. The zero-order valence-corrected chi connectivity index (χ0v) is 16.5. The number of nitro benzene ring substituents is 1. The number of nitro groups is 1. The number of carbonyl (C=O) groups is 2. The summed E-state index contributed by atoms with van der Waals surface area (Å²) in [5, 5.41) is 31.6. The Balaban J connectivity index is 2.32. The van der Waals surface area contributed by atoms with E-state index >= 15 is 0 Å². The lowest BCUT2D eigenvalue weighted by Crippen LogP contribution is -2.37. The molecule has 0 spiro atoms. The van der Waals surface area contributed by atoms with Crippen LogP contribution in [0.4, 0.5) is 15.8 Å². The van der Waals surface area contributed by atoms with Crippen molar-refractivity contribution in [2.45, 2.75) is 11.8 Å². The molecule has 0 unspecified atom stereocenters. The van der Waals surface area contributed by atoms with Gasteiger partial charge in [-0.3, -0.25) is 10.1 Å². The van der Waals surface area contributed by atoms with Gasteiger partial charge in [0.2, 0.25) is 0 Å². The number of sulfone groups is 1. The number of nitrogens with one attached hydrogen (secondary N) is 1. The molecule has 0 radical (unpaired) electrons. The van der Waals surface area contributed by atoms with Gasteiger partial charge in [-0.2, -0.15) is 0 Å². The van der Waals surface area contributed by atoms with Crippen LogP contribution in [0.2, 0.25) is 5.02 Å². The molecule has 2 aromatic rings.